The predicted molar refractivity (Wildman–Crippen MR) is 119 cm³/mol. The zero-order valence-electron chi connectivity index (χ0n) is 17.1. The van der Waals surface area contributed by atoms with Crippen molar-refractivity contribution in [3.05, 3.63) is 69.7 Å². The summed E-state index contributed by atoms with van der Waals surface area (Å²) in [4.78, 5) is 32.3. The lowest BCUT2D eigenvalue weighted by Gasteiger charge is -2.55. The molecular formula is C23H25Cl2N3O2. The first kappa shape index (κ1) is 21.2. The lowest BCUT2D eigenvalue weighted by molar-refractivity contribution is -0.0507. The molecule has 158 valence electrons. The van der Waals surface area contributed by atoms with Crippen molar-refractivity contribution in [2.75, 3.05) is 32.7 Å². The number of benzene rings is 2. The molecule has 30 heavy (non-hydrogen) atoms. The number of hydrogen-bond acceptors (Lipinski definition) is 3. The van der Waals surface area contributed by atoms with Crippen LogP contribution in [0.2, 0.25) is 10.0 Å². The van der Waals surface area contributed by atoms with Gasteiger partial charge in [0.2, 0.25) is 0 Å². The fraction of sp³-hybridized carbons (Fsp3) is 0.391. The van der Waals surface area contributed by atoms with Gasteiger partial charge in [-0.2, -0.15) is 0 Å². The lowest BCUT2D eigenvalue weighted by Crippen LogP contribution is -2.70. The molecule has 2 aromatic rings. The third kappa shape index (κ3) is 4.20. The number of carbonyl (C=O) groups excluding carboxylic acids is 2. The molecule has 0 aromatic heterocycles. The van der Waals surface area contributed by atoms with Crippen LogP contribution in [0, 0.1) is 0 Å². The molecule has 2 aromatic carbocycles. The number of piperazine rings is 2. The Labute approximate surface area is 187 Å². The van der Waals surface area contributed by atoms with Gasteiger partial charge in [0, 0.05) is 65.5 Å². The maximum atomic E-state index is 13.1. The van der Waals surface area contributed by atoms with E-state index in [0.29, 0.717) is 47.4 Å². The second-order valence-electron chi connectivity index (χ2n) is 8.61. The first-order valence-electron chi connectivity index (χ1n) is 10.1. The summed E-state index contributed by atoms with van der Waals surface area (Å²) >= 11 is 11.9. The van der Waals surface area contributed by atoms with Crippen LogP contribution in [0.5, 0.6) is 0 Å². The zero-order valence-corrected chi connectivity index (χ0v) is 18.7. The number of halogens is 2. The van der Waals surface area contributed by atoms with Crippen LogP contribution in [0.4, 0.5) is 0 Å². The molecule has 2 fully saturated rings. The molecule has 5 nitrogen and oxygen atoms in total. The molecule has 0 radical (unpaired) electrons. The minimum atomic E-state index is -0.166. The largest absolute Gasteiger partial charge is 0.336 e. The van der Waals surface area contributed by atoms with Crippen LogP contribution in [0.15, 0.2) is 48.5 Å². The molecule has 0 N–H and O–H groups in total. The number of carbonyl (C=O) groups is 2. The Bertz CT molecular complexity index is 942. The molecular weight excluding hydrogens is 421 g/mol. The molecule has 1 atom stereocenters. The third-order valence-electron chi connectivity index (χ3n) is 6.03. The fourth-order valence-electron chi connectivity index (χ4n) is 4.57. The average Bonchev–Trinajstić information content (AvgIpc) is 2.73. The van der Waals surface area contributed by atoms with Crippen molar-refractivity contribution < 1.29 is 9.59 Å². The summed E-state index contributed by atoms with van der Waals surface area (Å²) in [6.07, 6.45) is 0. The highest BCUT2D eigenvalue weighted by atomic mass is 35.5. The maximum absolute atomic E-state index is 13.1. The molecule has 2 heterocycles. The molecule has 0 bridgehead atoms. The van der Waals surface area contributed by atoms with E-state index in [9.17, 15) is 9.59 Å². The summed E-state index contributed by atoms with van der Waals surface area (Å²) in [5.41, 5.74) is 1.10. The zero-order chi connectivity index (χ0) is 21.5. The monoisotopic (exact) mass is 445 g/mol. The standard InChI is InChI=1S/C23H25Cl2N3O2/c1-23(2)15-27(22(30)17-5-9-19(25)10-6-17)14-20-13-26(11-12-28(20)23)21(29)16-3-7-18(24)8-4-16/h3-10,20H,11-15H2,1-2H3/t20-/m0/s1. The van der Waals surface area contributed by atoms with E-state index in [-0.39, 0.29) is 23.4 Å². The minimum Gasteiger partial charge on any atom is -0.336 e. The van der Waals surface area contributed by atoms with Gasteiger partial charge in [0.05, 0.1) is 0 Å². The molecule has 7 heteroatoms. The normalized spacial score (nSPS) is 21.3. The molecule has 0 spiro atoms. The summed E-state index contributed by atoms with van der Waals surface area (Å²) in [5.74, 6) is 0.00539. The predicted octanol–water partition coefficient (Wildman–Crippen LogP) is 4.05. The maximum Gasteiger partial charge on any atom is 0.253 e. The van der Waals surface area contributed by atoms with E-state index in [4.69, 9.17) is 23.2 Å². The molecule has 2 aliphatic rings. The fourth-order valence-corrected chi connectivity index (χ4v) is 4.83. The van der Waals surface area contributed by atoms with Crippen LogP contribution < -0.4 is 0 Å². The minimum absolute atomic E-state index is 0.000503. The first-order valence-corrected chi connectivity index (χ1v) is 10.9. The Kier molecular flexibility index (Phi) is 5.80. The van der Waals surface area contributed by atoms with Gasteiger partial charge in [0.25, 0.3) is 11.8 Å². The summed E-state index contributed by atoms with van der Waals surface area (Å²) in [5, 5.41) is 1.22. The van der Waals surface area contributed by atoms with Gasteiger partial charge in [-0.05, 0) is 62.4 Å². The molecule has 0 aliphatic carbocycles. The highest BCUT2D eigenvalue weighted by molar-refractivity contribution is 6.31. The van der Waals surface area contributed by atoms with Gasteiger partial charge in [0.15, 0.2) is 0 Å². The molecule has 4 rings (SSSR count). The highest BCUT2D eigenvalue weighted by Crippen LogP contribution is 2.29. The summed E-state index contributed by atoms with van der Waals surface area (Å²) in [6, 6.07) is 14.1. The van der Waals surface area contributed by atoms with Gasteiger partial charge >= 0.3 is 0 Å². The number of amides is 2. The lowest BCUT2D eigenvalue weighted by atomic mass is 9.92. The summed E-state index contributed by atoms with van der Waals surface area (Å²) in [6.45, 7) is 7.63. The van der Waals surface area contributed by atoms with Gasteiger partial charge in [0.1, 0.15) is 0 Å². The number of fused-ring (bicyclic) bond motifs is 1. The van der Waals surface area contributed by atoms with Crippen molar-refractivity contribution in [1.29, 1.82) is 0 Å². The summed E-state index contributed by atoms with van der Waals surface area (Å²) < 4.78 is 0. The van der Waals surface area contributed by atoms with E-state index in [1.54, 1.807) is 48.5 Å². The molecule has 0 unspecified atom stereocenters. The van der Waals surface area contributed by atoms with Crippen LogP contribution in [0.1, 0.15) is 34.6 Å². The molecule has 0 saturated carbocycles. The van der Waals surface area contributed by atoms with Crippen molar-refractivity contribution >= 4 is 35.0 Å². The Hall–Kier alpha value is -2.08. The first-order chi connectivity index (χ1) is 14.2. The van der Waals surface area contributed by atoms with E-state index in [0.717, 1.165) is 6.54 Å². The second kappa shape index (κ2) is 8.22. The van der Waals surface area contributed by atoms with Crippen LogP contribution in [-0.4, -0.2) is 70.8 Å². The van der Waals surface area contributed by atoms with Gasteiger partial charge < -0.3 is 9.80 Å². The Morgan fingerprint density at radius 1 is 0.800 bits per heavy atom. The van der Waals surface area contributed by atoms with Gasteiger partial charge in [-0.3, -0.25) is 14.5 Å². The quantitative estimate of drug-likeness (QED) is 0.699. The van der Waals surface area contributed by atoms with Crippen LogP contribution in [0.25, 0.3) is 0 Å². The van der Waals surface area contributed by atoms with E-state index in [2.05, 4.69) is 18.7 Å². The van der Waals surface area contributed by atoms with Gasteiger partial charge in [-0.1, -0.05) is 23.2 Å². The smallest absolute Gasteiger partial charge is 0.253 e. The van der Waals surface area contributed by atoms with Crippen LogP contribution in [-0.2, 0) is 0 Å². The van der Waals surface area contributed by atoms with E-state index in [1.165, 1.54) is 0 Å². The van der Waals surface area contributed by atoms with Crippen molar-refractivity contribution in [2.24, 2.45) is 0 Å². The van der Waals surface area contributed by atoms with Gasteiger partial charge in [-0.15, -0.1) is 0 Å². The van der Waals surface area contributed by atoms with Crippen LogP contribution in [0.3, 0.4) is 0 Å². The average molecular weight is 446 g/mol. The van der Waals surface area contributed by atoms with Crippen molar-refractivity contribution in [3.63, 3.8) is 0 Å². The number of hydrogen-bond donors (Lipinski definition) is 0. The molecule has 2 saturated heterocycles. The van der Waals surface area contributed by atoms with E-state index >= 15 is 0 Å². The van der Waals surface area contributed by atoms with E-state index < -0.39 is 0 Å². The Balaban J connectivity index is 1.51. The Morgan fingerprint density at radius 2 is 1.27 bits per heavy atom. The SMILES string of the molecule is CC1(C)CN(C(=O)c2ccc(Cl)cc2)C[C@@H]2CN(C(=O)c3ccc(Cl)cc3)CCN21. The number of nitrogens with zero attached hydrogens (tertiary/aromatic N) is 3. The Morgan fingerprint density at radius 3 is 1.80 bits per heavy atom. The van der Waals surface area contributed by atoms with Crippen molar-refractivity contribution in [2.45, 2.75) is 25.4 Å². The third-order valence-corrected chi connectivity index (χ3v) is 6.53. The van der Waals surface area contributed by atoms with Crippen molar-refractivity contribution in [1.82, 2.24) is 14.7 Å². The molecule has 2 aliphatic heterocycles. The molecule has 2 amide bonds. The topological polar surface area (TPSA) is 43.9 Å². The van der Waals surface area contributed by atoms with Gasteiger partial charge in [-0.25, -0.2) is 0 Å². The summed E-state index contributed by atoms with van der Waals surface area (Å²) in [7, 11) is 0. The number of rotatable bonds is 2. The van der Waals surface area contributed by atoms with Crippen LogP contribution >= 0.6 is 23.2 Å². The highest BCUT2D eigenvalue weighted by Gasteiger charge is 2.44. The van der Waals surface area contributed by atoms with Crippen molar-refractivity contribution in [3.8, 4) is 0 Å². The van der Waals surface area contributed by atoms with E-state index in [1.807, 2.05) is 9.80 Å². The second-order valence-corrected chi connectivity index (χ2v) is 9.48.